The molecule has 0 radical (unpaired) electrons. The molecule has 2 aromatic carbocycles. The Morgan fingerprint density at radius 3 is 2.24 bits per heavy atom. The van der Waals surface area contributed by atoms with Gasteiger partial charge in [-0.15, -0.1) is 0 Å². The van der Waals surface area contributed by atoms with Gasteiger partial charge in [0.1, 0.15) is 0 Å². The summed E-state index contributed by atoms with van der Waals surface area (Å²) in [6.45, 7) is 1.78. The molecule has 4 aromatic rings. The van der Waals surface area contributed by atoms with Crippen molar-refractivity contribution in [2.75, 3.05) is 7.11 Å². The molecule has 0 N–H and O–H groups in total. The summed E-state index contributed by atoms with van der Waals surface area (Å²) in [6, 6.07) is 21.6. The summed E-state index contributed by atoms with van der Waals surface area (Å²) in [4.78, 5) is 17.6. The van der Waals surface area contributed by atoms with Crippen LogP contribution in [0.4, 0.5) is 0 Å². The van der Waals surface area contributed by atoms with Crippen LogP contribution in [-0.2, 0) is 0 Å². The molecule has 5 nitrogen and oxygen atoms in total. The van der Waals surface area contributed by atoms with Gasteiger partial charge in [0.2, 0.25) is 5.75 Å². The molecule has 0 atom stereocenters. The number of rotatable bonds is 3. The molecule has 0 unspecified atom stereocenters. The van der Waals surface area contributed by atoms with Crippen LogP contribution in [0.15, 0.2) is 71.5 Å². The number of hydrogen-bond donors (Lipinski definition) is 0. The maximum atomic E-state index is 13.0. The molecule has 0 aliphatic carbocycles. The zero-order valence-corrected chi connectivity index (χ0v) is 14.0. The highest BCUT2D eigenvalue weighted by Crippen LogP contribution is 2.26. The molecule has 0 aliphatic rings. The quantitative estimate of drug-likeness (QED) is 0.577. The standard InChI is InChI=1S/C20H17N3O2/c1-14-19(25-2)20(24)23-18(21-14)13-17(15-9-5-3-6-10-15)22(23)16-11-7-4-8-12-16/h3-13H,1-2H3. The van der Waals surface area contributed by atoms with E-state index in [0.717, 1.165) is 16.9 Å². The number of fused-ring (bicyclic) bond motifs is 1. The fraction of sp³-hybridized carbons (Fsp3) is 0.100. The van der Waals surface area contributed by atoms with E-state index < -0.39 is 0 Å². The lowest BCUT2D eigenvalue weighted by molar-refractivity contribution is 0.399. The molecule has 0 amide bonds. The van der Waals surface area contributed by atoms with Crippen molar-refractivity contribution in [3.05, 3.63) is 82.8 Å². The van der Waals surface area contributed by atoms with Gasteiger partial charge in [-0.1, -0.05) is 48.5 Å². The largest absolute Gasteiger partial charge is 0.490 e. The van der Waals surface area contributed by atoms with E-state index in [2.05, 4.69) is 4.98 Å². The molecule has 4 rings (SSSR count). The Bertz CT molecular complexity index is 1100. The van der Waals surface area contributed by atoms with E-state index in [-0.39, 0.29) is 11.3 Å². The summed E-state index contributed by atoms with van der Waals surface area (Å²) >= 11 is 0. The first-order chi connectivity index (χ1) is 12.2. The van der Waals surface area contributed by atoms with Crippen molar-refractivity contribution >= 4 is 5.65 Å². The molecule has 0 bridgehead atoms. The zero-order chi connectivity index (χ0) is 17.4. The Morgan fingerprint density at radius 1 is 0.960 bits per heavy atom. The second-order valence-electron chi connectivity index (χ2n) is 5.75. The third-order valence-electron chi connectivity index (χ3n) is 4.18. The number of nitrogens with zero attached hydrogens (tertiary/aromatic N) is 3. The first-order valence-electron chi connectivity index (χ1n) is 8.01. The number of benzene rings is 2. The van der Waals surface area contributed by atoms with Crippen molar-refractivity contribution in [1.29, 1.82) is 0 Å². The third-order valence-corrected chi connectivity index (χ3v) is 4.18. The van der Waals surface area contributed by atoms with E-state index in [0.29, 0.717) is 11.3 Å². The van der Waals surface area contributed by atoms with Gasteiger partial charge in [0.25, 0.3) is 0 Å². The van der Waals surface area contributed by atoms with E-state index in [1.54, 1.807) is 11.4 Å². The molecule has 0 saturated carbocycles. The lowest BCUT2D eigenvalue weighted by atomic mass is 10.1. The summed E-state index contributed by atoms with van der Waals surface area (Å²) in [5, 5.41) is 0. The van der Waals surface area contributed by atoms with Gasteiger partial charge < -0.3 is 4.74 Å². The lowest BCUT2D eigenvalue weighted by Gasteiger charge is -2.12. The average molecular weight is 331 g/mol. The molecular weight excluding hydrogens is 314 g/mol. The minimum Gasteiger partial charge on any atom is -0.490 e. The third kappa shape index (κ3) is 2.41. The Hall–Kier alpha value is -3.34. The van der Waals surface area contributed by atoms with Gasteiger partial charge >= 0.3 is 5.56 Å². The van der Waals surface area contributed by atoms with Gasteiger partial charge in [-0.05, 0) is 19.1 Å². The number of para-hydroxylation sites is 1. The van der Waals surface area contributed by atoms with E-state index in [9.17, 15) is 4.79 Å². The van der Waals surface area contributed by atoms with Crippen LogP contribution in [0.2, 0.25) is 0 Å². The van der Waals surface area contributed by atoms with E-state index in [1.165, 1.54) is 7.11 Å². The van der Waals surface area contributed by atoms with Gasteiger partial charge in [-0.2, -0.15) is 4.52 Å². The van der Waals surface area contributed by atoms with Crippen LogP contribution in [0.25, 0.3) is 22.6 Å². The van der Waals surface area contributed by atoms with Crippen LogP contribution in [0.5, 0.6) is 5.75 Å². The fourth-order valence-electron chi connectivity index (χ4n) is 3.08. The molecule has 124 valence electrons. The number of aromatic nitrogens is 3. The SMILES string of the molecule is COc1c(C)nc2cc(-c3ccccc3)n(-c3ccccc3)n2c1=O. The highest BCUT2D eigenvalue weighted by atomic mass is 16.5. The summed E-state index contributed by atoms with van der Waals surface area (Å²) in [5.41, 5.74) is 3.72. The molecular formula is C20H17N3O2. The lowest BCUT2D eigenvalue weighted by Crippen LogP contribution is -2.23. The molecule has 2 aromatic heterocycles. The van der Waals surface area contributed by atoms with E-state index in [1.807, 2.05) is 71.4 Å². The number of hydrogen-bond acceptors (Lipinski definition) is 3. The van der Waals surface area contributed by atoms with E-state index in [4.69, 9.17) is 4.74 Å². The highest BCUT2D eigenvalue weighted by molar-refractivity contribution is 5.67. The maximum absolute atomic E-state index is 13.0. The minimum absolute atomic E-state index is 0.226. The molecule has 2 heterocycles. The van der Waals surface area contributed by atoms with Gasteiger partial charge in [0, 0.05) is 11.6 Å². The second-order valence-corrected chi connectivity index (χ2v) is 5.75. The minimum atomic E-state index is -0.226. The number of ether oxygens (including phenoxy) is 1. The summed E-state index contributed by atoms with van der Waals surface area (Å²) < 4.78 is 8.72. The van der Waals surface area contributed by atoms with Gasteiger partial charge in [-0.25, -0.2) is 9.67 Å². The normalized spacial score (nSPS) is 11.0. The van der Waals surface area contributed by atoms with Crippen molar-refractivity contribution in [1.82, 2.24) is 14.2 Å². The van der Waals surface area contributed by atoms with Crippen molar-refractivity contribution in [3.63, 3.8) is 0 Å². The maximum Gasteiger partial charge on any atom is 0.315 e. The Morgan fingerprint density at radius 2 is 1.60 bits per heavy atom. The summed E-state index contributed by atoms with van der Waals surface area (Å²) in [6.07, 6.45) is 0. The van der Waals surface area contributed by atoms with Crippen LogP contribution in [-0.4, -0.2) is 21.3 Å². The zero-order valence-electron chi connectivity index (χ0n) is 14.0. The second kappa shape index (κ2) is 5.94. The smallest absolute Gasteiger partial charge is 0.315 e. The predicted octanol–water partition coefficient (Wildman–Crippen LogP) is 3.47. The van der Waals surface area contributed by atoms with Crippen LogP contribution >= 0.6 is 0 Å². The Kier molecular flexibility index (Phi) is 3.61. The molecule has 0 fully saturated rings. The fourth-order valence-corrected chi connectivity index (χ4v) is 3.08. The molecule has 0 aliphatic heterocycles. The summed E-state index contributed by atoms with van der Waals surface area (Å²) in [7, 11) is 1.49. The topological polar surface area (TPSA) is 48.5 Å². The number of aryl methyl sites for hydroxylation is 1. The van der Waals surface area contributed by atoms with Crippen LogP contribution in [0, 0.1) is 6.92 Å². The highest BCUT2D eigenvalue weighted by Gasteiger charge is 2.18. The van der Waals surface area contributed by atoms with Crippen molar-refractivity contribution in [2.24, 2.45) is 0 Å². The number of methoxy groups -OCH3 is 1. The van der Waals surface area contributed by atoms with Gasteiger partial charge in [0.05, 0.1) is 24.2 Å². The molecule has 25 heavy (non-hydrogen) atoms. The van der Waals surface area contributed by atoms with Crippen LogP contribution in [0.3, 0.4) is 0 Å². The summed E-state index contributed by atoms with van der Waals surface area (Å²) in [5.74, 6) is 0.257. The van der Waals surface area contributed by atoms with E-state index >= 15 is 0 Å². The predicted molar refractivity (Wildman–Crippen MR) is 97.5 cm³/mol. The van der Waals surface area contributed by atoms with Gasteiger partial charge in [0.15, 0.2) is 5.65 Å². The van der Waals surface area contributed by atoms with Crippen molar-refractivity contribution in [2.45, 2.75) is 6.92 Å². The van der Waals surface area contributed by atoms with Crippen molar-refractivity contribution < 1.29 is 4.74 Å². The Balaban J connectivity index is 2.16. The molecule has 0 saturated heterocycles. The van der Waals surface area contributed by atoms with Gasteiger partial charge in [-0.3, -0.25) is 4.79 Å². The Labute approximate surface area is 144 Å². The first-order valence-corrected chi connectivity index (χ1v) is 8.01. The van der Waals surface area contributed by atoms with Crippen LogP contribution in [0.1, 0.15) is 5.69 Å². The first kappa shape index (κ1) is 15.2. The van der Waals surface area contributed by atoms with Crippen LogP contribution < -0.4 is 10.3 Å². The van der Waals surface area contributed by atoms with Crippen molar-refractivity contribution in [3.8, 4) is 22.7 Å². The molecule has 0 spiro atoms. The molecule has 5 heteroatoms. The monoisotopic (exact) mass is 331 g/mol. The average Bonchev–Trinajstić information content (AvgIpc) is 3.03.